The summed E-state index contributed by atoms with van der Waals surface area (Å²) in [6.07, 6.45) is 7.84. The second kappa shape index (κ2) is 8.92. The molecule has 0 aromatic heterocycles. The maximum absolute atomic E-state index is 4.02. The lowest BCUT2D eigenvalue weighted by Crippen LogP contribution is -2.44. The summed E-state index contributed by atoms with van der Waals surface area (Å²) in [5, 5.41) is 0. The van der Waals surface area contributed by atoms with E-state index in [0.717, 1.165) is 17.7 Å². The summed E-state index contributed by atoms with van der Waals surface area (Å²) >= 11 is 0. The first-order chi connectivity index (χ1) is 9.73. The van der Waals surface area contributed by atoms with Gasteiger partial charge in [0.05, 0.1) is 0 Å². The van der Waals surface area contributed by atoms with E-state index in [0.29, 0.717) is 0 Å². The summed E-state index contributed by atoms with van der Waals surface area (Å²) in [5.74, 6) is 0. The van der Waals surface area contributed by atoms with E-state index in [1.54, 1.807) is 0 Å². The minimum absolute atomic E-state index is 0.244. The predicted octanol–water partition coefficient (Wildman–Crippen LogP) is 6.26. The van der Waals surface area contributed by atoms with Crippen molar-refractivity contribution in [2.75, 3.05) is 6.54 Å². The zero-order valence-corrected chi connectivity index (χ0v) is 15.3. The van der Waals surface area contributed by atoms with Crippen LogP contribution in [0.5, 0.6) is 0 Å². The van der Waals surface area contributed by atoms with Crippen molar-refractivity contribution in [2.45, 2.75) is 73.3 Å². The molecule has 0 saturated heterocycles. The van der Waals surface area contributed by atoms with Crippen LogP contribution < -0.4 is 0 Å². The third-order valence-electron chi connectivity index (χ3n) is 4.58. The summed E-state index contributed by atoms with van der Waals surface area (Å²) in [4.78, 5) is 2.56. The second-order valence-electron chi connectivity index (χ2n) is 6.25. The van der Waals surface area contributed by atoms with Gasteiger partial charge < -0.3 is 4.90 Å². The first kappa shape index (κ1) is 19.8. The quantitative estimate of drug-likeness (QED) is 0.453. The SMILES string of the molecule is C=C(C)C(=C)/C=C\C(C)=C(/C)N(CC)[C@](C)(CC)CCC. The fourth-order valence-electron chi connectivity index (χ4n) is 2.77. The second-order valence-corrected chi connectivity index (χ2v) is 6.25. The molecule has 0 aromatic carbocycles. The molecular weight excluding hydrogens is 254 g/mol. The van der Waals surface area contributed by atoms with E-state index in [1.807, 2.05) is 6.92 Å². The summed E-state index contributed by atoms with van der Waals surface area (Å²) in [6.45, 7) is 24.6. The van der Waals surface area contributed by atoms with Crippen molar-refractivity contribution in [3.63, 3.8) is 0 Å². The highest BCUT2D eigenvalue weighted by atomic mass is 15.2. The standard InChI is InChI=1S/C20H35N/c1-10-15-20(9,11-2)21(12-3)19(8)18(7)14-13-17(6)16(4)5/h13-14H,4,6,10-12,15H2,1-3,5,7-9H3/b14-13-,19-18+/t20-/m1/s1. The molecule has 1 nitrogen and oxygen atoms in total. The van der Waals surface area contributed by atoms with Crippen molar-refractivity contribution in [1.82, 2.24) is 4.90 Å². The smallest absolute Gasteiger partial charge is 0.0368 e. The molecule has 0 unspecified atom stereocenters. The van der Waals surface area contributed by atoms with E-state index in [2.05, 4.69) is 71.8 Å². The average Bonchev–Trinajstić information content (AvgIpc) is 2.44. The average molecular weight is 290 g/mol. The van der Waals surface area contributed by atoms with Crippen LogP contribution in [0, 0.1) is 0 Å². The van der Waals surface area contributed by atoms with Crippen LogP contribution in [-0.2, 0) is 0 Å². The molecular formula is C20H35N. The van der Waals surface area contributed by atoms with Crippen molar-refractivity contribution in [1.29, 1.82) is 0 Å². The minimum atomic E-state index is 0.244. The number of nitrogens with zero attached hydrogens (tertiary/aromatic N) is 1. The van der Waals surface area contributed by atoms with Gasteiger partial charge in [-0.25, -0.2) is 0 Å². The highest BCUT2D eigenvalue weighted by Crippen LogP contribution is 2.30. The Kier molecular flexibility index (Phi) is 8.39. The molecule has 0 aromatic rings. The highest BCUT2D eigenvalue weighted by Gasteiger charge is 2.28. The van der Waals surface area contributed by atoms with Gasteiger partial charge in [-0.15, -0.1) is 0 Å². The maximum atomic E-state index is 4.02. The largest absolute Gasteiger partial charge is 0.370 e. The van der Waals surface area contributed by atoms with Crippen molar-refractivity contribution < 1.29 is 0 Å². The van der Waals surface area contributed by atoms with Crippen LogP contribution in [0.15, 0.2) is 47.7 Å². The Bertz CT molecular complexity index is 425. The molecule has 0 aliphatic heterocycles. The number of hydrogen-bond acceptors (Lipinski definition) is 1. The molecule has 0 radical (unpaired) electrons. The Balaban J connectivity index is 5.39. The molecule has 0 spiro atoms. The van der Waals surface area contributed by atoms with Crippen molar-refractivity contribution >= 4 is 0 Å². The molecule has 120 valence electrons. The monoisotopic (exact) mass is 289 g/mol. The van der Waals surface area contributed by atoms with Crippen LogP contribution in [0.3, 0.4) is 0 Å². The minimum Gasteiger partial charge on any atom is -0.370 e. The van der Waals surface area contributed by atoms with Gasteiger partial charge in [-0.1, -0.05) is 51.2 Å². The van der Waals surface area contributed by atoms with E-state index < -0.39 is 0 Å². The molecule has 0 bridgehead atoms. The van der Waals surface area contributed by atoms with Crippen LogP contribution in [0.1, 0.15) is 67.7 Å². The highest BCUT2D eigenvalue weighted by molar-refractivity contribution is 5.37. The molecule has 0 aliphatic carbocycles. The van der Waals surface area contributed by atoms with Crippen molar-refractivity contribution in [3.05, 3.63) is 47.7 Å². The zero-order chi connectivity index (χ0) is 16.6. The predicted molar refractivity (Wildman–Crippen MR) is 97.5 cm³/mol. The summed E-state index contributed by atoms with van der Waals surface area (Å²) in [7, 11) is 0. The Morgan fingerprint density at radius 1 is 1.05 bits per heavy atom. The van der Waals surface area contributed by atoms with E-state index in [-0.39, 0.29) is 5.54 Å². The normalized spacial score (nSPS) is 15.6. The maximum Gasteiger partial charge on any atom is 0.0368 e. The number of hydrogen-bond donors (Lipinski definition) is 0. The summed E-state index contributed by atoms with van der Waals surface area (Å²) < 4.78 is 0. The summed E-state index contributed by atoms with van der Waals surface area (Å²) in [5.41, 5.74) is 4.93. The van der Waals surface area contributed by atoms with Gasteiger partial charge in [0.1, 0.15) is 0 Å². The zero-order valence-electron chi connectivity index (χ0n) is 15.3. The molecule has 0 N–H and O–H groups in total. The fourth-order valence-corrected chi connectivity index (χ4v) is 2.77. The first-order valence-electron chi connectivity index (χ1n) is 8.21. The Morgan fingerprint density at radius 3 is 2.00 bits per heavy atom. The van der Waals surface area contributed by atoms with Crippen LogP contribution in [0.4, 0.5) is 0 Å². The molecule has 0 amide bonds. The molecule has 0 heterocycles. The van der Waals surface area contributed by atoms with Gasteiger partial charge in [-0.05, 0) is 58.6 Å². The van der Waals surface area contributed by atoms with Gasteiger partial charge in [0, 0.05) is 17.8 Å². The fraction of sp³-hybridized carbons (Fsp3) is 0.600. The molecule has 1 heteroatoms. The van der Waals surface area contributed by atoms with E-state index in [9.17, 15) is 0 Å². The van der Waals surface area contributed by atoms with Gasteiger partial charge in [0.2, 0.25) is 0 Å². The molecule has 0 rings (SSSR count). The van der Waals surface area contributed by atoms with Crippen LogP contribution >= 0.6 is 0 Å². The van der Waals surface area contributed by atoms with Crippen LogP contribution in [0.2, 0.25) is 0 Å². The Labute approximate surface area is 133 Å². The number of rotatable bonds is 9. The van der Waals surface area contributed by atoms with Crippen molar-refractivity contribution in [2.24, 2.45) is 0 Å². The van der Waals surface area contributed by atoms with Gasteiger partial charge in [-0.3, -0.25) is 0 Å². The molecule has 0 aliphatic rings. The Hall–Kier alpha value is -1.24. The third-order valence-corrected chi connectivity index (χ3v) is 4.58. The lowest BCUT2D eigenvalue weighted by molar-refractivity contribution is 0.135. The van der Waals surface area contributed by atoms with Gasteiger partial charge in [-0.2, -0.15) is 0 Å². The van der Waals surface area contributed by atoms with Crippen molar-refractivity contribution in [3.8, 4) is 0 Å². The molecule has 0 fully saturated rings. The summed E-state index contributed by atoms with van der Waals surface area (Å²) in [6, 6.07) is 0. The van der Waals surface area contributed by atoms with E-state index in [1.165, 1.54) is 30.5 Å². The molecule has 21 heavy (non-hydrogen) atoms. The molecule has 0 saturated carbocycles. The third kappa shape index (κ3) is 5.57. The lowest BCUT2D eigenvalue weighted by Gasteiger charge is -2.43. The first-order valence-corrected chi connectivity index (χ1v) is 8.21. The lowest BCUT2D eigenvalue weighted by atomic mass is 9.89. The van der Waals surface area contributed by atoms with Crippen LogP contribution in [-0.4, -0.2) is 17.0 Å². The molecule has 1 atom stereocenters. The van der Waals surface area contributed by atoms with E-state index >= 15 is 0 Å². The van der Waals surface area contributed by atoms with E-state index in [4.69, 9.17) is 0 Å². The van der Waals surface area contributed by atoms with Crippen LogP contribution in [0.25, 0.3) is 0 Å². The topological polar surface area (TPSA) is 3.24 Å². The van der Waals surface area contributed by atoms with Gasteiger partial charge >= 0.3 is 0 Å². The number of allylic oxidation sites excluding steroid dienone is 6. The van der Waals surface area contributed by atoms with Gasteiger partial charge in [0.15, 0.2) is 0 Å². The Morgan fingerprint density at radius 2 is 1.62 bits per heavy atom. The van der Waals surface area contributed by atoms with Gasteiger partial charge in [0.25, 0.3) is 0 Å².